The van der Waals surface area contributed by atoms with Gasteiger partial charge in [0, 0.05) is 13.0 Å². The van der Waals surface area contributed by atoms with E-state index in [4.69, 9.17) is 0 Å². The molecule has 2 nitrogen and oxygen atoms in total. The van der Waals surface area contributed by atoms with Gasteiger partial charge in [0.2, 0.25) is 5.91 Å². The van der Waals surface area contributed by atoms with Crippen LogP contribution in [0.2, 0.25) is 0 Å². The summed E-state index contributed by atoms with van der Waals surface area (Å²) < 4.78 is 0. The molecule has 0 aromatic rings. The van der Waals surface area contributed by atoms with Crippen LogP contribution in [0.1, 0.15) is 40.5 Å². The number of rotatable bonds is 2. The Morgan fingerprint density at radius 3 is 2.46 bits per heavy atom. The largest absolute Gasteiger partial charge is 0.353 e. The SMILES string of the molecule is CC(=O)NC1C(C)CCC1C(C)C. The van der Waals surface area contributed by atoms with Crippen LogP contribution in [-0.2, 0) is 4.79 Å². The molecular weight excluding hydrogens is 162 g/mol. The van der Waals surface area contributed by atoms with Gasteiger partial charge in [-0.15, -0.1) is 0 Å². The fraction of sp³-hybridized carbons (Fsp3) is 0.909. The monoisotopic (exact) mass is 183 g/mol. The summed E-state index contributed by atoms with van der Waals surface area (Å²) in [5.74, 6) is 2.13. The Balaban J connectivity index is 2.60. The van der Waals surface area contributed by atoms with Crippen LogP contribution in [0.15, 0.2) is 0 Å². The van der Waals surface area contributed by atoms with Gasteiger partial charge < -0.3 is 5.32 Å². The average Bonchev–Trinajstić information content (AvgIpc) is 2.32. The molecule has 0 heterocycles. The van der Waals surface area contributed by atoms with Crippen molar-refractivity contribution in [2.75, 3.05) is 0 Å². The Bertz CT molecular complexity index is 189. The molecule has 13 heavy (non-hydrogen) atoms. The topological polar surface area (TPSA) is 29.1 Å². The Labute approximate surface area is 81.1 Å². The lowest BCUT2D eigenvalue weighted by Crippen LogP contribution is -2.41. The molecule has 1 rings (SSSR count). The molecule has 1 N–H and O–H groups in total. The van der Waals surface area contributed by atoms with E-state index < -0.39 is 0 Å². The summed E-state index contributed by atoms with van der Waals surface area (Å²) in [5.41, 5.74) is 0. The van der Waals surface area contributed by atoms with Crippen molar-refractivity contribution in [1.29, 1.82) is 0 Å². The van der Waals surface area contributed by atoms with E-state index in [1.54, 1.807) is 6.92 Å². The minimum atomic E-state index is 0.115. The van der Waals surface area contributed by atoms with Crippen LogP contribution in [0.3, 0.4) is 0 Å². The maximum atomic E-state index is 11.0. The number of nitrogens with one attached hydrogen (secondary N) is 1. The van der Waals surface area contributed by atoms with E-state index in [1.165, 1.54) is 12.8 Å². The summed E-state index contributed by atoms with van der Waals surface area (Å²) in [4.78, 5) is 11.0. The number of carbonyl (C=O) groups excluding carboxylic acids is 1. The maximum Gasteiger partial charge on any atom is 0.217 e. The minimum absolute atomic E-state index is 0.115. The highest BCUT2D eigenvalue weighted by Crippen LogP contribution is 2.35. The molecule has 2 heteroatoms. The molecule has 0 aromatic heterocycles. The van der Waals surface area contributed by atoms with E-state index in [0.29, 0.717) is 23.8 Å². The van der Waals surface area contributed by atoms with Gasteiger partial charge in [-0.3, -0.25) is 4.79 Å². The number of carbonyl (C=O) groups is 1. The summed E-state index contributed by atoms with van der Waals surface area (Å²) in [7, 11) is 0. The third kappa shape index (κ3) is 2.45. The Morgan fingerprint density at radius 1 is 1.38 bits per heavy atom. The van der Waals surface area contributed by atoms with Gasteiger partial charge >= 0.3 is 0 Å². The zero-order valence-corrected chi connectivity index (χ0v) is 9.13. The van der Waals surface area contributed by atoms with E-state index in [1.807, 2.05) is 0 Å². The second kappa shape index (κ2) is 4.12. The van der Waals surface area contributed by atoms with Crippen LogP contribution in [0.25, 0.3) is 0 Å². The molecule has 0 bridgehead atoms. The fourth-order valence-corrected chi connectivity index (χ4v) is 2.47. The second-order valence-corrected chi connectivity index (χ2v) is 4.69. The van der Waals surface area contributed by atoms with Crippen LogP contribution in [-0.4, -0.2) is 11.9 Å². The van der Waals surface area contributed by atoms with Crippen molar-refractivity contribution in [2.45, 2.75) is 46.6 Å². The number of hydrogen-bond donors (Lipinski definition) is 1. The Hall–Kier alpha value is -0.530. The normalized spacial score (nSPS) is 33.8. The maximum absolute atomic E-state index is 11.0. The molecule has 76 valence electrons. The summed E-state index contributed by atoms with van der Waals surface area (Å²) >= 11 is 0. The molecule has 3 atom stereocenters. The van der Waals surface area contributed by atoms with Crippen LogP contribution in [0.4, 0.5) is 0 Å². The first-order valence-corrected chi connectivity index (χ1v) is 5.29. The minimum Gasteiger partial charge on any atom is -0.353 e. The summed E-state index contributed by atoms with van der Waals surface area (Å²) in [6.45, 7) is 8.35. The van der Waals surface area contributed by atoms with Crippen molar-refractivity contribution >= 4 is 5.91 Å². The summed E-state index contributed by atoms with van der Waals surface area (Å²) in [5, 5.41) is 3.08. The molecule has 3 unspecified atom stereocenters. The zero-order chi connectivity index (χ0) is 10.0. The van der Waals surface area contributed by atoms with Gasteiger partial charge in [-0.1, -0.05) is 20.8 Å². The van der Waals surface area contributed by atoms with Gasteiger partial charge in [0.25, 0.3) is 0 Å². The van der Waals surface area contributed by atoms with Crippen LogP contribution < -0.4 is 5.32 Å². The first kappa shape index (κ1) is 10.6. The van der Waals surface area contributed by atoms with E-state index in [0.717, 1.165) is 0 Å². The van der Waals surface area contributed by atoms with E-state index in [-0.39, 0.29) is 5.91 Å². The predicted molar refractivity (Wildman–Crippen MR) is 54.3 cm³/mol. The highest BCUT2D eigenvalue weighted by atomic mass is 16.1. The quantitative estimate of drug-likeness (QED) is 0.698. The zero-order valence-electron chi connectivity index (χ0n) is 9.13. The molecule has 0 aliphatic heterocycles. The fourth-order valence-electron chi connectivity index (χ4n) is 2.47. The molecule has 1 amide bonds. The smallest absolute Gasteiger partial charge is 0.217 e. The lowest BCUT2D eigenvalue weighted by atomic mass is 9.89. The third-order valence-electron chi connectivity index (χ3n) is 3.26. The Kier molecular flexibility index (Phi) is 3.34. The standard InChI is InChI=1S/C11H21NO/c1-7(2)10-6-5-8(3)11(10)12-9(4)13/h7-8,10-11H,5-6H2,1-4H3,(H,12,13). The molecule has 0 aromatic carbocycles. The molecule has 0 spiro atoms. The van der Waals surface area contributed by atoms with Gasteiger partial charge in [-0.25, -0.2) is 0 Å². The van der Waals surface area contributed by atoms with Gasteiger partial charge in [0.05, 0.1) is 0 Å². The van der Waals surface area contributed by atoms with Crippen molar-refractivity contribution in [2.24, 2.45) is 17.8 Å². The number of amides is 1. The molecule has 0 radical (unpaired) electrons. The van der Waals surface area contributed by atoms with Crippen LogP contribution in [0.5, 0.6) is 0 Å². The average molecular weight is 183 g/mol. The number of hydrogen-bond acceptors (Lipinski definition) is 1. The van der Waals surface area contributed by atoms with Gasteiger partial charge in [0.15, 0.2) is 0 Å². The van der Waals surface area contributed by atoms with E-state index in [2.05, 4.69) is 26.1 Å². The van der Waals surface area contributed by atoms with Gasteiger partial charge in [0.1, 0.15) is 0 Å². The first-order valence-electron chi connectivity index (χ1n) is 5.29. The highest BCUT2D eigenvalue weighted by molar-refractivity contribution is 5.73. The van der Waals surface area contributed by atoms with Crippen molar-refractivity contribution in [1.82, 2.24) is 5.32 Å². The van der Waals surface area contributed by atoms with Crippen molar-refractivity contribution in [3.05, 3.63) is 0 Å². The first-order chi connectivity index (χ1) is 6.02. The second-order valence-electron chi connectivity index (χ2n) is 4.69. The van der Waals surface area contributed by atoms with Crippen molar-refractivity contribution in [3.8, 4) is 0 Å². The van der Waals surface area contributed by atoms with E-state index >= 15 is 0 Å². The molecule has 0 saturated heterocycles. The highest BCUT2D eigenvalue weighted by Gasteiger charge is 2.35. The van der Waals surface area contributed by atoms with Crippen LogP contribution >= 0.6 is 0 Å². The lowest BCUT2D eigenvalue weighted by molar-refractivity contribution is -0.120. The molecule has 1 saturated carbocycles. The van der Waals surface area contributed by atoms with Gasteiger partial charge in [-0.2, -0.15) is 0 Å². The van der Waals surface area contributed by atoms with Crippen molar-refractivity contribution < 1.29 is 4.79 Å². The molecule has 1 aliphatic rings. The summed E-state index contributed by atoms with van der Waals surface area (Å²) in [6, 6.07) is 0.414. The van der Waals surface area contributed by atoms with Crippen molar-refractivity contribution in [3.63, 3.8) is 0 Å². The third-order valence-corrected chi connectivity index (χ3v) is 3.26. The Morgan fingerprint density at radius 2 is 2.00 bits per heavy atom. The van der Waals surface area contributed by atoms with Crippen LogP contribution in [0, 0.1) is 17.8 Å². The predicted octanol–water partition coefficient (Wildman–Crippen LogP) is 2.19. The van der Waals surface area contributed by atoms with Gasteiger partial charge in [-0.05, 0) is 30.6 Å². The summed E-state index contributed by atoms with van der Waals surface area (Å²) in [6.07, 6.45) is 2.53. The molecule has 1 fully saturated rings. The molecular formula is C11H21NO. The lowest BCUT2D eigenvalue weighted by Gasteiger charge is -2.26. The molecule has 1 aliphatic carbocycles. The van der Waals surface area contributed by atoms with E-state index in [9.17, 15) is 4.79 Å².